The molecule has 88 valence electrons. The van der Waals surface area contributed by atoms with Crippen LogP contribution in [-0.2, 0) is 11.3 Å². The maximum atomic E-state index is 11.5. The predicted molar refractivity (Wildman–Crippen MR) is 72.0 cm³/mol. The number of hydrogen-bond acceptors (Lipinski definition) is 2. The molecule has 0 radical (unpaired) electrons. The summed E-state index contributed by atoms with van der Waals surface area (Å²) >= 11 is 3.24. The molecule has 0 saturated carbocycles. The molecule has 1 heterocycles. The fraction of sp³-hybridized carbons (Fsp3) is 0.231. The number of amides is 1. The van der Waals surface area contributed by atoms with Gasteiger partial charge >= 0.3 is 0 Å². The first-order chi connectivity index (χ1) is 8.18. The van der Waals surface area contributed by atoms with Crippen molar-refractivity contribution in [3.05, 3.63) is 42.1 Å². The molecule has 2 aromatic rings. The number of para-hydroxylation sites is 1. The summed E-state index contributed by atoms with van der Waals surface area (Å²) in [4.78, 5) is 15.6. The molecule has 0 aliphatic rings. The zero-order chi connectivity index (χ0) is 12.3. The number of rotatable bonds is 3. The third-order valence-electron chi connectivity index (χ3n) is 2.53. The van der Waals surface area contributed by atoms with E-state index in [4.69, 9.17) is 0 Å². The van der Waals surface area contributed by atoms with E-state index in [-0.39, 0.29) is 10.7 Å². The molecule has 3 nitrogen and oxygen atoms in total. The molecule has 0 bridgehead atoms. The Hall–Kier alpha value is -1.42. The molecule has 1 aromatic heterocycles. The Kier molecular flexibility index (Phi) is 3.74. The average molecular weight is 293 g/mol. The molecule has 2 rings (SSSR count). The SMILES string of the molecule is CC(Br)C(=O)NCc1cccc2cccnc12. The second-order valence-corrected chi connectivity index (χ2v) is 5.20. The smallest absolute Gasteiger partial charge is 0.233 e. The lowest BCUT2D eigenvalue weighted by Crippen LogP contribution is -2.28. The number of halogens is 1. The first-order valence-electron chi connectivity index (χ1n) is 5.43. The van der Waals surface area contributed by atoms with Crippen LogP contribution in [0.2, 0.25) is 0 Å². The minimum Gasteiger partial charge on any atom is -0.351 e. The first-order valence-corrected chi connectivity index (χ1v) is 6.34. The van der Waals surface area contributed by atoms with E-state index in [1.165, 1.54) is 0 Å². The quantitative estimate of drug-likeness (QED) is 0.884. The third-order valence-corrected chi connectivity index (χ3v) is 2.95. The van der Waals surface area contributed by atoms with Gasteiger partial charge in [-0.3, -0.25) is 9.78 Å². The zero-order valence-corrected chi connectivity index (χ0v) is 11.1. The zero-order valence-electron chi connectivity index (χ0n) is 9.48. The molecule has 1 unspecified atom stereocenters. The Labute approximate surface area is 108 Å². The van der Waals surface area contributed by atoms with Gasteiger partial charge < -0.3 is 5.32 Å². The summed E-state index contributed by atoms with van der Waals surface area (Å²) in [7, 11) is 0. The van der Waals surface area contributed by atoms with E-state index in [9.17, 15) is 4.79 Å². The monoisotopic (exact) mass is 292 g/mol. The number of carbonyl (C=O) groups is 1. The van der Waals surface area contributed by atoms with Crippen molar-refractivity contribution >= 4 is 32.7 Å². The van der Waals surface area contributed by atoms with Crippen molar-refractivity contribution in [2.45, 2.75) is 18.3 Å². The van der Waals surface area contributed by atoms with Crippen LogP contribution in [0.4, 0.5) is 0 Å². The number of alkyl halides is 1. The molecule has 1 aromatic carbocycles. The van der Waals surface area contributed by atoms with Crippen LogP contribution >= 0.6 is 15.9 Å². The molecule has 0 saturated heterocycles. The van der Waals surface area contributed by atoms with Crippen LogP contribution in [0.1, 0.15) is 12.5 Å². The Bertz CT molecular complexity index is 534. The summed E-state index contributed by atoms with van der Waals surface area (Å²) < 4.78 is 0. The van der Waals surface area contributed by atoms with E-state index >= 15 is 0 Å². The highest BCUT2D eigenvalue weighted by Crippen LogP contribution is 2.15. The van der Waals surface area contributed by atoms with Gasteiger partial charge in [0.25, 0.3) is 0 Å². The average Bonchev–Trinajstić information content (AvgIpc) is 2.35. The van der Waals surface area contributed by atoms with Crippen molar-refractivity contribution in [2.24, 2.45) is 0 Å². The minimum absolute atomic E-state index is 0.0158. The van der Waals surface area contributed by atoms with Gasteiger partial charge in [0.15, 0.2) is 0 Å². The van der Waals surface area contributed by atoms with Crippen molar-refractivity contribution in [1.29, 1.82) is 0 Å². The van der Waals surface area contributed by atoms with Gasteiger partial charge in [0, 0.05) is 18.1 Å². The van der Waals surface area contributed by atoms with Gasteiger partial charge in [0.1, 0.15) is 0 Å². The standard InChI is InChI=1S/C13H13BrN2O/c1-9(14)13(17)16-8-11-5-2-4-10-6-3-7-15-12(10)11/h2-7,9H,8H2,1H3,(H,16,17). The Morgan fingerprint density at radius 2 is 2.18 bits per heavy atom. The van der Waals surface area contributed by atoms with Crippen molar-refractivity contribution in [1.82, 2.24) is 10.3 Å². The number of benzene rings is 1. The van der Waals surface area contributed by atoms with Crippen LogP contribution in [0, 0.1) is 0 Å². The number of hydrogen-bond donors (Lipinski definition) is 1. The summed E-state index contributed by atoms with van der Waals surface area (Å²) in [6.07, 6.45) is 1.76. The molecular formula is C13H13BrN2O. The lowest BCUT2D eigenvalue weighted by Gasteiger charge is -2.08. The molecular weight excluding hydrogens is 280 g/mol. The summed E-state index contributed by atoms with van der Waals surface area (Å²) in [5, 5.41) is 3.95. The van der Waals surface area contributed by atoms with Crippen molar-refractivity contribution in [3.8, 4) is 0 Å². The second-order valence-electron chi connectivity index (χ2n) is 3.83. The van der Waals surface area contributed by atoms with Gasteiger partial charge in [-0.25, -0.2) is 0 Å². The van der Waals surface area contributed by atoms with Crippen molar-refractivity contribution < 1.29 is 4.79 Å². The van der Waals surface area contributed by atoms with Crippen LogP contribution in [0.25, 0.3) is 10.9 Å². The number of nitrogens with zero attached hydrogens (tertiary/aromatic N) is 1. The first kappa shape index (κ1) is 12.0. The normalized spacial score (nSPS) is 12.4. The van der Waals surface area contributed by atoms with Gasteiger partial charge in [0.2, 0.25) is 5.91 Å². The summed E-state index contributed by atoms with van der Waals surface area (Å²) in [5.74, 6) is -0.0158. The maximum Gasteiger partial charge on any atom is 0.233 e. The highest BCUT2D eigenvalue weighted by Gasteiger charge is 2.08. The largest absolute Gasteiger partial charge is 0.351 e. The lowest BCUT2D eigenvalue weighted by atomic mass is 10.1. The number of pyridine rings is 1. The van der Waals surface area contributed by atoms with Gasteiger partial charge in [-0.2, -0.15) is 0 Å². The van der Waals surface area contributed by atoms with Gasteiger partial charge in [-0.05, 0) is 18.6 Å². The second kappa shape index (κ2) is 5.27. The van der Waals surface area contributed by atoms with E-state index < -0.39 is 0 Å². The molecule has 4 heteroatoms. The van der Waals surface area contributed by atoms with E-state index in [0.717, 1.165) is 16.5 Å². The van der Waals surface area contributed by atoms with Crippen LogP contribution in [-0.4, -0.2) is 15.7 Å². The molecule has 1 atom stereocenters. The van der Waals surface area contributed by atoms with E-state index in [0.29, 0.717) is 6.54 Å². The van der Waals surface area contributed by atoms with Crippen molar-refractivity contribution in [2.75, 3.05) is 0 Å². The van der Waals surface area contributed by atoms with Crippen molar-refractivity contribution in [3.63, 3.8) is 0 Å². The van der Waals surface area contributed by atoms with E-state index in [1.54, 1.807) is 13.1 Å². The highest BCUT2D eigenvalue weighted by molar-refractivity contribution is 9.10. The molecule has 0 spiro atoms. The number of carbonyl (C=O) groups excluding carboxylic acids is 1. The van der Waals surface area contributed by atoms with Gasteiger partial charge in [0.05, 0.1) is 10.3 Å². The Morgan fingerprint density at radius 3 is 2.94 bits per heavy atom. The summed E-state index contributed by atoms with van der Waals surface area (Å²) in [6, 6.07) is 9.89. The van der Waals surface area contributed by atoms with Gasteiger partial charge in [-0.1, -0.05) is 40.2 Å². The Morgan fingerprint density at radius 1 is 1.41 bits per heavy atom. The maximum absolute atomic E-state index is 11.5. The number of fused-ring (bicyclic) bond motifs is 1. The van der Waals surface area contributed by atoms with Gasteiger partial charge in [-0.15, -0.1) is 0 Å². The predicted octanol–water partition coefficient (Wildman–Crippen LogP) is 2.63. The lowest BCUT2D eigenvalue weighted by molar-refractivity contribution is -0.120. The topological polar surface area (TPSA) is 42.0 Å². The minimum atomic E-state index is -0.176. The molecule has 1 N–H and O–H groups in total. The van der Waals surface area contributed by atoms with Crippen LogP contribution < -0.4 is 5.32 Å². The fourth-order valence-corrected chi connectivity index (χ4v) is 1.79. The number of nitrogens with one attached hydrogen (secondary N) is 1. The summed E-state index contributed by atoms with van der Waals surface area (Å²) in [6.45, 7) is 2.31. The fourth-order valence-electron chi connectivity index (χ4n) is 1.63. The molecule has 1 amide bonds. The Balaban J connectivity index is 2.21. The summed E-state index contributed by atoms with van der Waals surface area (Å²) in [5.41, 5.74) is 1.97. The number of aromatic nitrogens is 1. The molecule has 0 aliphatic heterocycles. The molecule has 0 fully saturated rings. The highest BCUT2D eigenvalue weighted by atomic mass is 79.9. The van der Waals surface area contributed by atoms with Crippen LogP contribution in [0.5, 0.6) is 0 Å². The third kappa shape index (κ3) is 2.82. The van der Waals surface area contributed by atoms with E-state index in [1.807, 2.05) is 30.3 Å². The molecule has 17 heavy (non-hydrogen) atoms. The van der Waals surface area contributed by atoms with Crippen LogP contribution in [0.3, 0.4) is 0 Å². The van der Waals surface area contributed by atoms with Crippen LogP contribution in [0.15, 0.2) is 36.5 Å². The molecule has 0 aliphatic carbocycles. The van der Waals surface area contributed by atoms with E-state index in [2.05, 4.69) is 26.2 Å².